The Hall–Kier alpha value is -2.91. The molecule has 0 saturated carbocycles. The van der Waals surface area contributed by atoms with E-state index in [-0.39, 0.29) is 12.6 Å². The van der Waals surface area contributed by atoms with E-state index < -0.39 is 11.0 Å². The zero-order valence-electron chi connectivity index (χ0n) is 17.4. The van der Waals surface area contributed by atoms with Gasteiger partial charge in [0, 0.05) is 6.42 Å². The molecule has 0 unspecified atom stereocenters. The maximum atomic E-state index is 13.6. The minimum absolute atomic E-state index is 0.284. The van der Waals surface area contributed by atoms with E-state index in [1.165, 1.54) is 5.56 Å². The van der Waals surface area contributed by atoms with E-state index in [1.807, 2.05) is 79.7 Å². The van der Waals surface area contributed by atoms with Crippen molar-refractivity contribution in [2.45, 2.75) is 43.6 Å². The van der Waals surface area contributed by atoms with Crippen LogP contribution in [-0.4, -0.2) is 17.7 Å². The van der Waals surface area contributed by atoms with Crippen LogP contribution in [0.1, 0.15) is 42.0 Å². The maximum absolute atomic E-state index is 13.6. The zero-order valence-corrected chi connectivity index (χ0v) is 17.4. The van der Waals surface area contributed by atoms with Gasteiger partial charge in [-0.2, -0.15) is 0 Å². The number of hydrogen-bond acceptors (Lipinski definition) is 3. The molecule has 0 bridgehead atoms. The van der Waals surface area contributed by atoms with Gasteiger partial charge in [-0.1, -0.05) is 84.9 Å². The number of rotatable bonds is 7. The molecule has 4 rings (SSSR count). The van der Waals surface area contributed by atoms with Crippen LogP contribution in [0.3, 0.4) is 0 Å². The summed E-state index contributed by atoms with van der Waals surface area (Å²) in [7, 11) is 0. The fraction of sp³-hybridized carbons (Fsp3) is 0.296. The Morgan fingerprint density at radius 2 is 1.57 bits per heavy atom. The van der Waals surface area contributed by atoms with Crippen molar-refractivity contribution in [2.75, 3.05) is 6.61 Å². The first-order valence-corrected chi connectivity index (χ1v) is 10.7. The first kappa shape index (κ1) is 20.4. The van der Waals surface area contributed by atoms with Crippen LogP contribution in [0.15, 0.2) is 84.9 Å². The maximum Gasteiger partial charge on any atom is 0.319 e. The zero-order chi connectivity index (χ0) is 21.0. The largest absolute Gasteiger partial charge is 0.465 e. The number of benzene rings is 3. The molecule has 1 aliphatic rings. The normalized spacial score (nSPS) is 22.5. The molecule has 2 atom stereocenters. The Bertz CT molecular complexity index is 999. The average Bonchev–Trinajstić information content (AvgIpc) is 3.05. The van der Waals surface area contributed by atoms with Crippen molar-refractivity contribution < 1.29 is 14.6 Å². The van der Waals surface area contributed by atoms with Gasteiger partial charge in [-0.3, -0.25) is 4.79 Å². The minimum Gasteiger partial charge on any atom is -0.465 e. The summed E-state index contributed by atoms with van der Waals surface area (Å²) in [5, 5.41) is 12.2. The molecule has 1 N–H and O–H groups in total. The van der Waals surface area contributed by atoms with E-state index >= 15 is 0 Å². The Labute approximate surface area is 178 Å². The van der Waals surface area contributed by atoms with Crippen LogP contribution in [0.2, 0.25) is 0 Å². The molecule has 3 nitrogen and oxygen atoms in total. The highest BCUT2D eigenvalue weighted by Gasteiger charge is 2.62. The summed E-state index contributed by atoms with van der Waals surface area (Å²) in [6, 6.07) is 27.8. The predicted octanol–water partition coefficient (Wildman–Crippen LogP) is 4.95. The molecule has 1 aliphatic carbocycles. The van der Waals surface area contributed by atoms with Gasteiger partial charge in [0.2, 0.25) is 0 Å². The summed E-state index contributed by atoms with van der Waals surface area (Å²) in [6.45, 7) is 2.10. The number of hydrogen-bond donors (Lipinski definition) is 1. The molecule has 0 amide bonds. The molecule has 3 aromatic carbocycles. The third-order valence-electron chi connectivity index (χ3n) is 6.36. The van der Waals surface area contributed by atoms with Gasteiger partial charge in [0.15, 0.2) is 0 Å². The van der Waals surface area contributed by atoms with Gasteiger partial charge in [0.1, 0.15) is 11.0 Å². The van der Waals surface area contributed by atoms with Gasteiger partial charge < -0.3 is 9.84 Å². The van der Waals surface area contributed by atoms with Crippen molar-refractivity contribution in [3.05, 3.63) is 107 Å². The Morgan fingerprint density at radius 1 is 0.933 bits per heavy atom. The lowest BCUT2D eigenvalue weighted by molar-refractivity contribution is -0.163. The Kier molecular flexibility index (Phi) is 5.74. The number of aryl methyl sites for hydroxylation is 1. The molecule has 0 aliphatic heterocycles. The van der Waals surface area contributed by atoms with Crippen LogP contribution in [-0.2, 0) is 33.4 Å². The van der Waals surface area contributed by atoms with Crippen molar-refractivity contribution in [3.63, 3.8) is 0 Å². The number of esters is 1. The van der Waals surface area contributed by atoms with Crippen LogP contribution in [0, 0.1) is 0 Å². The SMILES string of the molecule is CCOC(=O)[C@]1(CCCc2ccccc2)c2ccccc2C[C@@]1(O)c1ccccc1. The quantitative estimate of drug-likeness (QED) is 0.571. The third kappa shape index (κ3) is 3.33. The fourth-order valence-corrected chi connectivity index (χ4v) is 4.98. The van der Waals surface area contributed by atoms with E-state index in [9.17, 15) is 9.90 Å². The summed E-state index contributed by atoms with van der Waals surface area (Å²) in [6.07, 6.45) is 2.53. The number of fused-ring (bicyclic) bond motifs is 1. The lowest BCUT2D eigenvalue weighted by Crippen LogP contribution is -2.53. The predicted molar refractivity (Wildman–Crippen MR) is 118 cm³/mol. The Morgan fingerprint density at radius 3 is 2.27 bits per heavy atom. The molecule has 0 radical (unpaired) electrons. The molecule has 30 heavy (non-hydrogen) atoms. The number of carbonyl (C=O) groups excluding carboxylic acids is 1. The second-order valence-corrected chi connectivity index (χ2v) is 8.03. The van der Waals surface area contributed by atoms with Gasteiger partial charge in [0.05, 0.1) is 6.61 Å². The van der Waals surface area contributed by atoms with Crippen LogP contribution >= 0.6 is 0 Å². The number of carbonyl (C=O) groups is 1. The topological polar surface area (TPSA) is 46.5 Å². The van der Waals surface area contributed by atoms with E-state index in [0.717, 1.165) is 29.5 Å². The summed E-state index contributed by atoms with van der Waals surface area (Å²) < 4.78 is 5.61. The molecular weight excluding hydrogens is 372 g/mol. The molecule has 3 aromatic rings. The van der Waals surface area contributed by atoms with Crippen molar-refractivity contribution in [1.29, 1.82) is 0 Å². The van der Waals surface area contributed by atoms with Crippen LogP contribution in [0.25, 0.3) is 0 Å². The fourth-order valence-electron chi connectivity index (χ4n) is 4.98. The van der Waals surface area contributed by atoms with E-state index in [2.05, 4.69) is 12.1 Å². The van der Waals surface area contributed by atoms with Gasteiger partial charge in [0.25, 0.3) is 0 Å². The second kappa shape index (κ2) is 8.45. The summed E-state index contributed by atoms with van der Waals surface area (Å²) in [5.74, 6) is -0.339. The van der Waals surface area contributed by atoms with Gasteiger partial charge in [-0.15, -0.1) is 0 Å². The molecule has 0 aromatic heterocycles. The second-order valence-electron chi connectivity index (χ2n) is 8.03. The van der Waals surface area contributed by atoms with Gasteiger partial charge >= 0.3 is 5.97 Å². The molecule has 3 heteroatoms. The monoisotopic (exact) mass is 400 g/mol. The van der Waals surface area contributed by atoms with E-state index in [0.29, 0.717) is 12.8 Å². The van der Waals surface area contributed by atoms with Crippen molar-refractivity contribution >= 4 is 5.97 Å². The third-order valence-corrected chi connectivity index (χ3v) is 6.36. The van der Waals surface area contributed by atoms with Crippen molar-refractivity contribution in [3.8, 4) is 0 Å². The average molecular weight is 401 g/mol. The smallest absolute Gasteiger partial charge is 0.319 e. The van der Waals surface area contributed by atoms with Crippen molar-refractivity contribution in [2.24, 2.45) is 0 Å². The summed E-state index contributed by atoms with van der Waals surface area (Å²) in [4.78, 5) is 13.6. The van der Waals surface area contributed by atoms with Crippen LogP contribution in [0.4, 0.5) is 0 Å². The lowest BCUT2D eigenvalue weighted by Gasteiger charge is -2.41. The first-order chi connectivity index (χ1) is 14.6. The van der Waals surface area contributed by atoms with Crippen molar-refractivity contribution in [1.82, 2.24) is 0 Å². The molecule has 0 spiro atoms. The highest BCUT2D eigenvalue weighted by atomic mass is 16.5. The number of aliphatic hydroxyl groups is 1. The molecule has 0 fully saturated rings. The minimum atomic E-state index is -1.35. The van der Waals surface area contributed by atoms with E-state index in [1.54, 1.807) is 0 Å². The first-order valence-electron chi connectivity index (χ1n) is 10.7. The van der Waals surface area contributed by atoms with Gasteiger partial charge in [-0.25, -0.2) is 0 Å². The highest BCUT2D eigenvalue weighted by molar-refractivity contribution is 5.87. The lowest BCUT2D eigenvalue weighted by atomic mass is 9.65. The summed E-state index contributed by atoms with van der Waals surface area (Å²) in [5.41, 5.74) is 1.41. The number of ether oxygens (including phenoxy) is 1. The summed E-state index contributed by atoms with van der Waals surface area (Å²) >= 11 is 0. The standard InChI is InChI=1S/C27H28O3/c1-2-30-25(28)26(19-11-14-21-12-5-3-6-13-21)24-18-10-9-15-22(24)20-27(26,29)23-16-7-4-8-17-23/h3-10,12-13,15-18,29H,2,11,14,19-20H2,1H3/t26-,27+/m0/s1. The highest BCUT2D eigenvalue weighted by Crippen LogP contribution is 2.55. The molecular formula is C27H28O3. The molecule has 0 saturated heterocycles. The molecule has 154 valence electrons. The Balaban J connectivity index is 1.80. The van der Waals surface area contributed by atoms with Crippen LogP contribution in [0.5, 0.6) is 0 Å². The van der Waals surface area contributed by atoms with E-state index in [4.69, 9.17) is 4.74 Å². The van der Waals surface area contributed by atoms with Gasteiger partial charge in [-0.05, 0) is 48.4 Å². The van der Waals surface area contributed by atoms with Crippen LogP contribution < -0.4 is 0 Å². The molecule has 0 heterocycles.